The summed E-state index contributed by atoms with van der Waals surface area (Å²) in [4.78, 5) is 0. The summed E-state index contributed by atoms with van der Waals surface area (Å²) in [6.07, 6.45) is 15.9. The Kier molecular flexibility index (Phi) is 3.49. The minimum absolute atomic E-state index is 0.960. The standard InChI is InChI=1S/C21H16S/c1-2-4-6-11-16(10-5-3-1)17-13-9-14-19-18-12-7-8-15-20(18)22-21(17)19/h1-10,12-15H,11H2/b2-1-,5-3-,6-4?,16-10+. The van der Waals surface area contributed by atoms with Crippen molar-refractivity contribution in [2.75, 3.05) is 0 Å². The van der Waals surface area contributed by atoms with Crippen LogP contribution in [0.4, 0.5) is 0 Å². The molecule has 0 bridgehead atoms. The predicted octanol–water partition coefficient (Wildman–Crippen LogP) is 6.51. The van der Waals surface area contributed by atoms with Crippen LogP contribution in [0.25, 0.3) is 25.7 Å². The van der Waals surface area contributed by atoms with Crippen LogP contribution in [0.1, 0.15) is 12.0 Å². The Labute approximate surface area is 134 Å². The lowest BCUT2D eigenvalue weighted by atomic mass is 9.99. The van der Waals surface area contributed by atoms with Crippen molar-refractivity contribution in [2.45, 2.75) is 6.42 Å². The normalized spacial score (nSPS) is 20.1. The van der Waals surface area contributed by atoms with Crippen LogP contribution in [0, 0.1) is 0 Å². The molecular weight excluding hydrogens is 284 g/mol. The molecule has 3 aromatic rings. The topological polar surface area (TPSA) is 0 Å². The molecule has 2 aromatic carbocycles. The van der Waals surface area contributed by atoms with E-state index in [9.17, 15) is 0 Å². The second-order valence-corrected chi connectivity index (χ2v) is 6.43. The number of benzene rings is 2. The molecule has 0 saturated carbocycles. The fourth-order valence-corrected chi connectivity index (χ4v) is 4.16. The van der Waals surface area contributed by atoms with Gasteiger partial charge in [-0.2, -0.15) is 0 Å². The summed E-state index contributed by atoms with van der Waals surface area (Å²) in [5, 5.41) is 2.73. The van der Waals surface area contributed by atoms with Gasteiger partial charge in [0, 0.05) is 20.2 Å². The molecule has 22 heavy (non-hydrogen) atoms. The van der Waals surface area contributed by atoms with Crippen molar-refractivity contribution in [1.82, 2.24) is 0 Å². The lowest BCUT2D eigenvalue weighted by molar-refractivity contribution is 1.41. The molecule has 0 saturated heterocycles. The summed E-state index contributed by atoms with van der Waals surface area (Å²) in [5.41, 5.74) is 2.73. The average molecular weight is 300 g/mol. The molecule has 4 rings (SSSR count). The minimum atomic E-state index is 0.960. The molecule has 1 heterocycles. The Morgan fingerprint density at radius 3 is 2.55 bits per heavy atom. The first-order valence-corrected chi connectivity index (χ1v) is 8.35. The maximum absolute atomic E-state index is 2.25. The summed E-state index contributed by atoms with van der Waals surface area (Å²) in [7, 11) is 0. The maximum atomic E-state index is 2.25. The van der Waals surface area contributed by atoms with Gasteiger partial charge in [-0.1, -0.05) is 78.9 Å². The second-order valence-electron chi connectivity index (χ2n) is 5.37. The van der Waals surface area contributed by atoms with Crippen molar-refractivity contribution in [1.29, 1.82) is 0 Å². The third kappa shape index (κ3) is 2.34. The highest BCUT2D eigenvalue weighted by Gasteiger charge is 2.10. The maximum Gasteiger partial charge on any atom is 0.0430 e. The number of allylic oxidation sites excluding steroid dienone is 8. The molecule has 1 heteroatoms. The van der Waals surface area contributed by atoms with E-state index in [2.05, 4.69) is 85.0 Å². The van der Waals surface area contributed by atoms with Crippen LogP contribution in [0.2, 0.25) is 0 Å². The van der Waals surface area contributed by atoms with Gasteiger partial charge in [-0.3, -0.25) is 0 Å². The highest BCUT2D eigenvalue weighted by Crippen LogP contribution is 2.38. The summed E-state index contributed by atoms with van der Waals surface area (Å²) in [6.45, 7) is 0. The molecule has 0 N–H and O–H groups in total. The van der Waals surface area contributed by atoms with E-state index in [1.807, 2.05) is 11.3 Å². The second kappa shape index (κ2) is 5.78. The van der Waals surface area contributed by atoms with Gasteiger partial charge in [-0.15, -0.1) is 11.3 Å². The Hall–Kier alpha value is -2.38. The van der Waals surface area contributed by atoms with Crippen molar-refractivity contribution >= 4 is 37.1 Å². The number of fused-ring (bicyclic) bond motifs is 3. The number of hydrogen-bond donors (Lipinski definition) is 0. The monoisotopic (exact) mass is 300 g/mol. The Morgan fingerprint density at radius 1 is 0.727 bits per heavy atom. The number of hydrogen-bond acceptors (Lipinski definition) is 1. The summed E-state index contributed by atoms with van der Waals surface area (Å²) in [6, 6.07) is 15.3. The van der Waals surface area contributed by atoms with E-state index in [4.69, 9.17) is 0 Å². The SMILES string of the molecule is C1=CC\C(c2cccc3c2sc2ccccc23)=C/C=C\C=C/1. The fourth-order valence-electron chi connectivity index (χ4n) is 2.91. The van der Waals surface area contributed by atoms with Crippen LogP contribution in [0.5, 0.6) is 0 Å². The molecule has 0 nitrogen and oxygen atoms in total. The van der Waals surface area contributed by atoms with Crippen molar-refractivity contribution in [3.05, 3.63) is 90.6 Å². The van der Waals surface area contributed by atoms with E-state index in [1.54, 1.807) is 0 Å². The van der Waals surface area contributed by atoms with Crippen molar-refractivity contribution < 1.29 is 0 Å². The quantitative estimate of drug-likeness (QED) is 0.480. The van der Waals surface area contributed by atoms with Gasteiger partial charge in [0.1, 0.15) is 0 Å². The van der Waals surface area contributed by atoms with Crippen LogP contribution < -0.4 is 0 Å². The van der Waals surface area contributed by atoms with Crippen LogP contribution in [0.3, 0.4) is 0 Å². The lowest BCUT2D eigenvalue weighted by Crippen LogP contribution is -1.83. The molecule has 1 aromatic heterocycles. The molecule has 0 aliphatic heterocycles. The first-order chi connectivity index (χ1) is 10.9. The van der Waals surface area contributed by atoms with E-state index in [0.717, 1.165) is 6.42 Å². The highest BCUT2D eigenvalue weighted by molar-refractivity contribution is 7.26. The summed E-state index contributed by atoms with van der Waals surface area (Å²) < 4.78 is 2.75. The van der Waals surface area contributed by atoms with Gasteiger partial charge in [0.2, 0.25) is 0 Å². The van der Waals surface area contributed by atoms with Crippen LogP contribution in [-0.4, -0.2) is 0 Å². The Bertz CT molecular complexity index is 948. The Balaban J connectivity index is 1.95. The Morgan fingerprint density at radius 2 is 1.55 bits per heavy atom. The highest BCUT2D eigenvalue weighted by atomic mass is 32.1. The number of thiophene rings is 1. The molecule has 0 fully saturated rings. The lowest BCUT2D eigenvalue weighted by Gasteiger charge is -2.06. The van der Waals surface area contributed by atoms with E-state index < -0.39 is 0 Å². The minimum Gasteiger partial charge on any atom is -0.135 e. The first kappa shape index (κ1) is 13.3. The first-order valence-electron chi connectivity index (χ1n) is 7.53. The van der Waals surface area contributed by atoms with Gasteiger partial charge in [-0.05, 0) is 23.6 Å². The van der Waals surface area contributed by atoms with E-state index in [0.29, 0.717) is 0 Å². The van der Waals surface area contributed by atoms with Crippen LogP contribution >= 0.6 is 11.3 Å². The molecule has 0 amide bonds. The molecule has 0 radical (unpaired) electrons. The summed E-state index contributed by atoms with van der Waals surface area (Å²) >= 11 is 1.89. The van der Waals surface area contributed by atoms with Gasteiger partial charge in [0.15, 0.2) is 0 Å². The third-order valence-electron chi connectivity index (χ3n) is 3.97. The zero-order chi connectivity index (χ0) is 14.8. The molecule has 106 valence electrons. The van der Waals surface area contributed by atoms with Crippen molar-refractivity contribution in [2.24, 2.45) is 0 Å². The fraction of sp³-hybridized carbons (Fsp3) is 0.0476. The zero-order valence-electron chi connectivity index (χ0n) is 12.2. The van der Waals surface area contributed by atoms with E-state index in [1.165, 1.54) is 31.3 Å². The van der Waals surface area contributed by atoms with Gasteiger partial charge in [0.05, 0.1) is 0 Å². The van der Waals surface area contributed by atoms with E-state index in [-0.39, 0.29) is 0 Å². The largest absolute Gasteiger partial charge is 0.135 e. The van der Waals surface area contributed by atoms with Crippen molar-refractivity contribution in [3.63, 3.8) is 0 Å². The zero-order valence-corrected chi connectivity index (χ0v) is 13.0. The molecule has 1 aliphatic carbocycles. The van der Waals surface area contributed by atoms with Crippen LogP contribution in [0.15, 0.2) is 85.0 Å². The van der Waals surface area contributed by atoms with Crippen LogP contribution in [-0.2, 0) is 0 Å². The molecule has 0 unspecified atom stereocenters. The summed E-state index contributed by atoms with van der Waals surface area (Å²) in [5.74, 6) is 0. The number of rotatable bonds is 1. The van der Waals surface area contributed by atoms with E-state index >= 15 is 0 Å². The molecule has 0 atom stereocenters. The average Bonchev–Trinajstić information content (AvgIpc) is 2.99. The van der Waals surface area contributed by atoms with Crippen molar-refractivity contribution in [3.8, 4) is 0 Å². The van der Waals surface area contributed by atoms with Gasteiger partial charge in [0.25, 0.3) is 0 Å². The molecule has 1 aliphatic rings. The van der Waals surface area contributed by atoms with Gasteiger partial charge < -0.3 is 0 Å². The third-order valence-corrected chi connectivity index (χ3v) is 5.19. The molecular formula is C21H16S. The van der Waals surface area contributed by atoms with Gasteiger partial charge >= 0.3 is 0 Å². The molecule has 0 spiro atoms. The van der Waals surface area contributed by atoms with Gasteiger partial charge in [-0.25, -0.2) is 0 Å². The predicted molar refractivity (Wildman–Crippen MR) is 99.3 cm³/mol. The smallest absolute Gasteiger partial charge is 0.0430 e.